The van der Waals surface area contributed by atoms with Gasteiger partial charge < -0.3 is 5.32 Å². The third kappa shape index (κ3) is 4.09. The molecule has 1 N–H and O–H groups in total. The zero-order valence-corrected chi connectivity index (χ0v) is 15.9. The predicted molar refractivity (Wildman–Crippen MR) is 100 cm³/mol. The van der Waals surface area contributed by atoms with E-state index < -0.39 is 11.2 Å². The van der Waals surface area contributed by atoms with Crippen molar-refractivity contribution in [1.82, 2.24) is 19.4 Å². The molecule has 1 aromatic heterocycles. The number of nitrogens with one attached hydrogen (secondary N) is 1. The lowest BCUT2D eigenvalue weighted by Gasteiger charge is -2.38. The largest absolute Gasteiger partial charge is 0.347 e. The Kier molecular flexibility index (Phi) is 5.96. The van der Waals surface area contributed by atoms with E-state index in [1.54, 1.807) is 0 Å². The highest BCUT2D eigenvalue weighted by atomic mass is 16.2. The minimum atomic E-state index is -0.480. The van der Waals surface area contributed by atoms with Crippen LogP contribution in [0.3, 0.4) is 0 Å². The summed E-state index contributed by atoms with van der Waals surface area (Å²) >= 11 is 0. The van der Waals surface area contributed by atoms with Gasteiger partial charge in [0.25, 0.3) is 11.5 Å². The van der Waals surface area contributed by atoms with Crippen LogP contribution < -0.4 is 16.6 Å². The molecule has 7 heteroatoms. The molecule has 0 spiro atoms. The molecule has 1 atom stereocenters. The van der Waals surface area contributed by atoms with E-state index in [0.717, 1.165) is 30.5 Å². The Labute approximate surface area is 154 Å². The first kappa shape index (κ1) is 18.9. The van der Waals surface area contributed by atoms with Gasteiger partial charge in [-0.3, -0.25) is 23.6 Å². The molecule has 0 aromatic carbocycles. The van der Waals surface area contributed by atoms with Crippen LogP contribution in [0.5, 0.6) is 0 Å². The van der Waals surface area contributed by atoms with Gasteiger partial charge in [0.15, 0.2) is 0 Å². The summed E-state index contributed by atoms with van der Waals surface area (Å²) in [6.45, 7) is 1.95. The number of likely N-dealkylation sites (tertiary alicyclic amines) is 1. The molecule has 1 saturated heterocycles. The summed E-state index contributed by atoms with van der Waals surface area (Å²) in [5.74, 6) is -0.338. The summed E-state index contributed by atoms with van der Waals surface area (Å²) < 4.78 is 2.24. The van der Waals surface area contributed by atoms with Crippen LogP contribution in [0.25, 0.3) is 0 Å². The van der Waals surface area contributed by atoms with Gasteiger partial charge in [-0.1, -0.05) is 25.7 Å². The van der Waals surface area contributed by atoms with Crippen LogP contribution in [0.1, 0.15) is 61.9 Å². The summed E-state index contributed by atoms with van der Waals surface area (Å²) in [7, 11) is 2.94. The molecule has 1 saturated carbocycles. The van der Waals surface area contributed by atoms with E-state index in [1.807, 2.05) is 0 Å². The first-order valence-electron chi connectivity index (χ1n) is 9.79. The predicted octanol–water partition coefficient (Wildman–Crippen LogP) is 1.00. The van der Waals surface area contributed by atoms with Gasteiger partial charge in [-0.25, -0.2) is 4.79 Å². The minimum absolute atomic E-state index is 0.0682. The van der Waals surface area contributed by atoms with Crippen molar-refractivity contribution in [3.05, 3.63) is 32.6 Å². The molecule has 1 aromatic rings. The second-order valence-electron chi connectivity index (χ2n) is 7.72. The molecule has 2 aliphatic rings. The topological polar surface area (TPSA) is 76.3 Å². The van der Waals surface area contributed by atoms with E-state index in [9.17, 15) is 14.4 Å². The van der Waals surface area contributed by atoms with Crippen LogP contribution in [-0.2, 0) is 14.1 Å². The molecule has 1 aliphatic carbocycles. The van der Waals surface area contributed by atoms with Gasteiger partial charge in [0, 0.05) is 38.8 Å². The number of rotatable bonds is 3. The summed E-state index contributed by atoms with van der Waals surface area (Å²) in [4.78, 5) is 39.1. The number of nitrogens with zero attached hydrogens (tertiary/aromatic N) is 3. The molecule has 7 nitrogen and oxygen atoms in total. The molecule has 2 fully saturated rings. The van der Waals surface area contributed by atoms with Crippen molar-refractivity contribution in [2.75, 3.05) is 13.1 Å². The lowest BCUT2D eigenvalue weighted by atomic mass is 10.00. The third-order valence-corrected chi connectivity index (χ3v) is 5.89. The number of piperidine rings is 1. The van der Waals surface area contributed by atoms with Crippen molar-refractivity contribution < 1.29 is 4.79 Å². The van der Waals surface area contributed by atoms with Crippen molar-refractivity contribution in [2.45, 2.75) is 63.5 Å². The Morgan fingerprint density at radius 2 is 1.69 bits per heavy atom. The van der Waals surface area contributed by atoms with E-state index in [0.29, 0.717) is 6.04 Å². The lowest BCUT2D eigenvalue weighted by molar-refractivity contribution is 0.0851. The van der Waals surface area contributed by atoms with Crippen molar-refractivity contribution in [1.29, 1.82) is 0 Å². The van der Waals surface area contributed by atoms with Crippen molar-refractivity contribution >= 4 is 5.91 Å². The van der Waals surface area contributed by atoms with Crippen LogP contribution in [0.15, 0.2) is 15.7 Å². The maximum atomic E-state index is 12.6. The van der Waals surface area contributed by atoms with Gasteiger partial charge in [-0.15, -0.1) is 0 Å². The van der Waals surface area contributed by atoms with E-state index in [-0.39, 0.29) is 17.6 Å². The van der Waals surface area contributed by atoms with Crippen LogP contribution >= 0.6 is 0 Å². The normalized spacial score (nSPS) is 22.8. The highest BCUT2D eigenvalue weighted by Crippen LogP contribution is 2.24. The first-order valence-corrected chi connectivity index (χ1v) is 9.79. The zero-order valence-electron chi connectivity index (χ0n) is 15.9. The van der Waals surface area contributed by atoms with Gasteiger partial charge in [0.2, 0.25) is 0 Å². The molecule has 144 valence electrons. The highest BCUT2D eigenvalue weighted by Gasteiger charge is 2.28. The maximum Gasteiger partial charge on any atom is 0.331 e. The van der Waals surface area contributed by atoms with E-state index in [1.165, 1.54) is 63.3 Å². The molecule has 26 heavy (non-hydrogen) atoms. The fourth-order valence-corrected chi connectivity index (χ4v) is 4.29. The quantitative estimate of drug-likeness (QED) is 0.814. The van der Waals surface area contributed by atoms with E-state index in [2.05, 4.69) is 10.2 Å². The zero-order chi connectivity index (χ0) is 18.7. The Balaban J connectivity index is 1.68. The smallest absolute Gasteiger partial charge is 0.331 e. The standard InChI is InChI=1S/C19H30N4O3/c1-21-16(12-17(24)22(2)19(21)26)18(25)20-14-8-7-11-23(13-14)15-9-5-3-4-6-10-15/h12,14-15H,3-11,13H2,1-2H3,(H,20,25)/t14-/m1/s1. The monoisotopic (exact) mass is 362 g/mol. The molecule has 0 radical (unpaired) electrons. The maximum absolute atomic E-state index is 12.6. The van der Waals surface area contributed by atoms with Crippen molar-refractivity contribution in [3.63, 3.8) is 0 Å². The Morgan fingerprint density at radius 3 is 2.38 bits per heavy atom. The van der Waals surface area contributed by atoms with E-state index in [4.69, 9.17) is 0 Å². The summed E-state index contributed by atoms with van der Waals surface area (Å²) in [5, 5.41) is 3.05. The van der Waals surface area contributed by atoms with Crippen molar-refractivity contribution in [3.8, 4) is 0 Å². The second-order valence-corrected chi connectivity index (χ2v) is 7.72. The molecule has 3 rings (SSSR count). The Hall–Kier alpha value is -1.89. The van der Waals surface area contributed by atoms with Crippen molar-refractivity contribution in [2.24, 2.45) is 14.1 Å². The molecule has 0 bridgehead atoms. The van der Waals surface area contributed by atoms with Crippen LogP contribution in [0.2, 0.25) is 0 Å². The molecular formula is C19H30N4O3. The fourth-order valence-electron chi connectivity index (χ4n) is 4.29. The number of carbonyl (C=O) groups is 1. The van der Waals surface area contributed by atoms with Gasteiger partial charge in [-0.05, 0) is 32.2 Å². The summed E-state index contributed by atoms with van der Waals surface area (Å²) in [6.07, 6.45) is 9.78. The Bertz CT molecular complexity index is 759. The number of hydrogen-bond donors (Lipinski definition) is 1. The number of carbonyl (C=O) groups excluding carboxylic acids is 1. The fraction of sp³-hybridized carbons (Fsp3) is 0.737. The van der Waals surface area contributed by atoms with Gasteiger partial charge in [0.1, 0.15) is 5.69 Å². The average molecular weight is 362 g/mol. The van der Waals surface area contributed by atoms with Crippen LogP contribution in [0.4, 0.5) is 0 Å². The first-order chi connectivity index (χ1) is 12.5. The number of aromatic nitrogens is 2. The van der Waals surface area contributed by atoms with Crippen LogP contribution in [0, 0.1) is 0 Å². The molecule has 2 heterocycles. The summed E-state index contributed by atoms with van der Waals surface area (Å²) in [6, 6.07) is 1.94. The molecular weight excluding hydrogens is 332 g/mol. The highest BCUT2D eigenvalue weighted by molar-refractivity contribution is 5.92. The molecule has 0 unspecified atom stereocenters. The van der Waals surface area contributed by atoms with Gasteiger partial charge >= 0.3 is 5.69 Å². The van der Waals surface area contributed by atoms with E-state index >= 15 is 0 Å². The van der Waals surface area contributed by atoms with Crippen LogP contribution in [-0.4, -0.2) is 45.1 Å². The molecule has 1 amide bonds. The third-order valence-electron chi connectivity index (χ3n) is 5.89. The number of amides is 1. The average Bonchev–Trinajstić information content (AvgIpc) is 2.92. The second kappa shape index (κ2) is 8.20. The van der Waals surface area contributed by atoms with Gasteiger partial charge in [0.05, 0.1) is 0 Å². The Morgan fingerprint density at radius 1 is 1.00 bits per heavy atom. The molecule has 1 aliphatic heterocycles. The SMILES string of the molecule is Cn1c(C(=O)N[C@@H]2CCCN(C3CCCCCC3)C2)cc(=O)n(C)c1=O. The number of hydrogen-bond acceptors (Lipinski definition) is 4. The van der Waals surface area contributed by atoms with Gasteiger partial charge in [-0.2, -0.15) is 0 Å². The summed E-state index contributed by atoms with van der Waals surface area (Å²) in [5.41, 5.74) is -0.807. The minimum Gasteiger partial charge on any atom is -0.347 e. The lowest BCUT2D eigenvalue weighted by Crippen LogP contribution is -2.51.